The molecule has 3 heteroatoms. The van der Waals surface area contributed by atoms with E-state index in [0.29, 0.717) is 12.1 Å². The lowest BCUT2D eigenvalue weighted by atomic mass is 10.0. The topological polar surface area (TPSA) is 34.1 Å². The molecule has 0 amide bonds. The molecule has 0 aliphatic heterocycles. The number of ether oxygens (including phenoxy) is 1. The zero-order valence-electron chi connectivity index (χ0n) is 11.1. The molecule has 1 rings (SSSR count). The fraction of sp³-hybridized carbons (Fsp3) is 0.643. The van der Waals surface area contributed by atoms with Gasteiger partial charge < -0.3 is 10.1 Å². The molecule has 0 aliphatic rings. The Balaban J connectivity index is 2.43. The number of nitrogens with one attached hydrogen (secondary N) is 1. The highest BCUT2D eigenvalue weighted by Crippen LogP contribution is 2.09. The molecular weight excluding hydrogens is 212 g/mol. The van der Waals surface area contributed by atoms with E-state index in [1.165, 1.54) is 5.56 Å². The zero-order valence-corrected chi connectivity index (χ0v) is 11.1. The van der Waals surface area contributed by atoms with E-state index in [-0.39, 0.29) is 0 Å². The lowest BCUT2D eigenvalue weighted by Crippen LogP contribution is -2.32. The summed E-state index contributed by atoms with van der Waals surface area (Å²) in [5.41, 5.74) is 1.29. The third-order valence-corrected chi connectivity index (χ3v) is 3.02. The van der Waals surface area contributed by atoms with Gasteiger partial charge in [-0.1, -0.05) is 13.0 Å². The van der Waals surface area contributed by atoms with E-state index in [2.05, 4.69) is 30.2 Å². The van der Waals surface area contributed by atoms with Crippen LogP contribution in [0.1, 0.15) is 32.3 Å². The second kappa shape index (κ2) is 8.20. The van der Waals surface area contributed by atoms with Crippen molar-refractivity contribution < 1.29 is 4.74 Å². The van der Waals surface area contributed by atoms with Gasteiger partial charge >= 0.3 is 0 Å². The predicted molar refractivity (Wildman–Crippen MR) is 71.1 cm³/mol. The van der Waals surface area contributed by atoms with Gasteiger partial charge in [-0.3, -0.25) is 4.98 Å². The summed E-state index contributed by atoms with van der Waals surface area (Å²) in [7, 11) is 1.77. The van der Waals surface area contributed by atoms with E-state index in [0.717, 1.165) is 25.8 Å². The molecule has 2 unspecified atom stereocenters. The van der Waals surface area contributed by atoms with E-state index in [9.17, 15) is 0 Å². The summed E-state index contributed by atoms with van der Waals surface area (Å²) < 4.78 is 5.29. The first-order valence-corrected chi connectivity index (χ1v) is 6.41. The van der Waals surface area contributed by atoms with Crippen LogP contribution in [0.2, 0.25) is 0 Å². The average Bonchev–Trinajstić information content (AvgIpc) is 2.37. The van der Waals surface area contributed by atoms with E-state index in [4.69, 9.17) is 4.74 Å². The third kappa shape index (κ3) is 5.80. The smallest absolute Gasteiger partial charge is 0.0543 e. The second-order valence-electron chi connectivity index (χ2n) is 4.44. The van der Waals surface area contributed by atoms with Gasteiger partial charge in [0.1, 0.15) is 0 Å². The summed E-state index contributed by atoms with van der Waals surface area (Å²) in [5, 5.41) is 3.53. The predicted octanol–water partition coefficient (Wildman–Crippen LogP) is 2.42. The van der Waals surface area contributed by atoms with Crippen molar-refractivity contribution in [2.75, 3.05) is 13.7 Å². The normalized spacial score (nSPS) is 14.5. The third-order valence-electron chi connectivity index (χ3n) is 3.02. The van der Waals surface area contributed by atoms with Crippen molar-refractivity contribution in [3.8, 4) is 0 Å². The van der Waals surface area contributed by atoms with Gasteiger partial charge in [-0.15, -0.1) is 0 Å². The number of pyridine rings is 1. The van der Waals surface area contributed by atoms with Crippen LogP contribution in [0.15, 0.2) is 24.5 Å². The molecule has 2 atom stereocenters. The lowest BCUT2D eigenvalue weighted by Gasteiger charge is -2.19. The molecule has 0 saturated heterocycles. The molecular formula is C14H24N2O. The summed E-state index contributed by atoms with van der Waals surface area (Å²) in [5.74, 6) is 0. The zero-order chi connectivity index (χ0) is 12.5. The maximum atomic E-state index is 5.29. The van der Waals surface area contributed by atoms with Gasteiger partial charge in [-0.05, 0) is 44.4 Å². The molecule has 0 bridgehead atoms. The van der Waals surface area contributed by atoms with Gasteiger partial charge in [0.25, 0.3) is 0 Å². The number of likely N-dealkylation sites (N-methyl/N-ethyl adjacent to an activating group) is 1. The van der Waals surface area contributed by atoms with E-state index in [1.807, 2.05) is 18.5 Å². The SMILES string of the molecule is CCNC(CCC(C)OC)Cc1cccnc1. The van der Waals surface area contributed by atoms with Crippen molar-refractivity contribution in [1.82, 2.24) is 10.3 Å². The highest BCUT2D eigenvalue weighted by molar-refractivity contribution is 5.10. The van der Waals surface area contributed by atoms with Crippen molar-refractivity contribution >= 4 is 0 Å². The summed E-state index contributed by atoms with van der Waals surface area (Å²) in [6.45, 7) is 5.27. The van der Waals surface area contributed by atoms with Crippen LogP contribution in [0.5, 0.6) is 0 Å². The van der Waals surface area contributed by atoms with Crippen LogP contribution in [0.3, 0.4) is 0 Å². The molecule has 0 saturated carbocycles. The summed E-state index contributed by atoms with van der Waals surface area (Å²) >= 11 is 0. The molecule has 0 spiro atoms. The first-order chi connectivity index (χ1) is 8.26. The molecule has 0 aromatic carbocycles. The number of hydrogen-bond acceptors (Lipinski definition) is 3. The lowest BCUT2D eigenvalue weighted by molar-refractivity contribution is 0.106. The Labute approximate surface area is 105 Å². The van der Waals surface area contributed by atoms with Crippen LogP contribution in [0, 0.1) is 0 Å². The van der Waals surface area contributed by atoms with Crippen LogP contribution in [0.25, 0.3) is 0 Å². The molecule has 3 nitrogen and oxygen atoms in total. The van der Waals surface area contributed by atoms with Crippen molar-refractivity contribution in [2.45, 2.75) is 45.3 Å². The first kappa shape index (κ1) is 14.1. The van der Waals surface area contributed by atoms with Gasteiger partial charge in [0, 0.05) is 25.5 Å². The fourth-order valence-electron chi connectivity index (χ4n) is 1.92. The van der Waals surface area contributed by atoms with E-state index >= 15 is 0 Å². The standard InChI is InChI=1S/C14H24N2O/c1-4-16-14(8-7-12(2)17-3)10-13-6-5-9-15-11-13/h5-6,9,11-12,14,16H,4,7-8,10H2,1-3H3. The summed E-state index contributed by atoms with van der Waals surface area (Å²) in [6, 6.07) is 4.65. The monoisotopic (exact) mass is 236 g/mol. The minimum Gasteiger partial charge on any atom is -0.382 e. The van der Waals surface area contributed by atoms with Gasteiger partial charge in [-0.2, -0.15) is 0 Å². The number of nitrogens with zero attached hydrogens (tertiary/aromatic N) is 1. The number of rotatable bonds is 8. The quantitative estimate of drug-likeness (QED) is 0.752. The van der Waals surface area contributed by atoms with Crippen LogP contribution in [-0.2, 0) is 11.2 Å². The fourth-order valence-corrected chi connectivity index (χ4v) is 1.92. The molecule has 0 radical (unpaired) electrons. The molecule has 1 N–H and O–H groups in total. The van der Waals surface area contributed by atoms with E-state index < -0.39 is 0 Å². The highest BCUT2D eigenvalue weighted by Gasteiger charge is 2.10. The Bertz CT molecular complexity index is 290. The average molecular weight is 236 g/mol. The van der Waals surface area contributed by atoms with E-state index in [1.54, 1.807) is 7.11 Å². The molecule has 1 heterocycles. The van der Waals surface area contributed by atoms with Crippen molar-refractivity contribution in [2.24, 2.45) is 0 Å². The van der Waals surface area contributed by atoms with Crippen molar-refractivity contribution in [3.05, 3.63) is 30.1 Å². The van der Waals surface area contributed by atoms with Gasteiger partial charge in [0.15, 0.2) is 0 Å². The number of hydrogen-bond donors (Lipinski definition) is 1. The van der Waals surface area contributed by atoms with Crippen LogP contribution < -0.4 is 5.32 Å². The largest absolute Gasteiger partial charge is 0.382 e. The first-order valence-electron chi connectivity index (χ1n) is 6.41. The van der Waals surface area contributed by atoms with Gasteiger partial charge in [-0.25, -0.2) is 0 Å². The van der Waals surface area contributed by atoms with Gasteiger partial charge in [0.05, 0.1) is 6.10 Å². The minimum atomic E-state index is 0.338. The summed E-state index contributed by atoms with van der Waals surface area (Å²) in [4.78, 5) is 4.16. The minimum absolute atomic E-state index is 0.338. The maximum Gasteiger partial charge on any atom is 0.0543 e. The number of aromatic nitrogens is 1. The second-order valence-corrected chi connectivity index (χ2v) is 4.44. The Hall–Kier alpha value is -0.930. The Morgan fingerprint density at radius 1 is 1.41 bits per heavy atom. The number of methoxy groups -OCH3 is 1. The van der Waals surface area contributed by atoms with Gasteiger partial charge in [0.2, 0.25) is 0 Å². The Morgan fingerprint density at radius 2 is 2.24 bits per heavy atom. The van der Waals surface area contributed by atoms with Crippen LogP contribution >= 0.6 is 0 Å². The van der Waals surface area contributed by atoms with Crippen LogP contribution in [0.4, 0.5) is 0 Å². The molecule has 1 aromatic heterocycles. The van der Waals surface area contributed by atoms with Crippen molar-refractivity contribution in [1.29, 1.82) is 0 Å². The molecule has 1 aromatic rings. The Morgan fingerprint density at radius 3 is 2.82 bits per heavy atom. The molecule has 96 valence electrons. The molecule has 0 fully saturated rings. The van der Waals surface area contributed by atoms with Crippen LogP contribution in [-0.4, -0.2) is 30.8 Å². The van der Waals surface area contributed by atoms with Crippen molar-refractivity contribution in [3.63, 3.8) is 0 Å². The highest BCUT2D eigenvalue weighted by atomic mass is 16.5. The molecule has 17 heavy (non-hydrogen) atoms. The Kier molecular flexibility index (Phi) is 6.82. The molecule has 0 aliphatic carbocycles. The maximum absolute atomic E-state index is 5.29. The summed E-state index contributed by atoms with van der Waals surface area (Å²) in [6.07, 6.45) is 7.37.